The molecule has 1 amide bonds. The summed E-state index contributed by atoms with van der Waals surface area (Å²) in [5, 5.41) is 7.46. The Hall–Kier alpha value is -3.48. The van der Waals surface area contributed by atoms with E-state index in [1.807, 2.05) is 39.0 Å². The van der Waals surface area contributed by atoms with Crippen LogP contribution in [0.25, 0.3) is 5.69 Å². The molecule has 0 spiro atoms. The van der Waals surface area contributed by atoms with E-state index in [4.69, 9.17) is 4.74 Å². The second-order valence-corrected chi connectivity index (χ2v) is 7.55. The lowest BCUT2D eigenvalue weighted by Crippen LogP contribution is -2.28. The fraction of sp³-hybridized carbons (Fsp3) is 0.261. The van der Waals surface area contributed by atoms with Crippen molar-refractivity contribution < 1.29 is 18.7 Å². The lowest BCUT2D eigenvalue weighted by Gasteiger charge is -2.23. The maximum absolute atomic E-state index is 14.2. The topological polar surface area (TPSA) is 73.2 Å². The highest BCUT2D eigenvalue weighted by molar-refractivity contribution is 6.08. The summed E-state index contributed by atoms with van der Waals surface area (Å²) in [5.74, 6) is -1.41. The maximum atomic E-state index is 14.2. The number of amides is 1. The summed E-state index contributed by atoms with van der Waals surface area (Å²) in [4.78, 5) is 25.7. The zero-order valence-corrected chi connectivity index (χ0v) is 17.2. The summed E-state index contributed by atoms with van der Waals surface area (Å²) in [6.45, 7) is 5.83. The van der Waals surface area contributed by atoms with Crippen molar-refractivity contribution in [1.82, 2.24) is 9.78 Å². The first-order chi connectivity index (χ1) is 14.3. The SMILES string of the molecule is COc1ccc(C(=O)C2CC(=O)Nc3c2c(C)nn3-c2ccc(C)c(C)c2)cc1F. The van der Waals surface area contributed by atoms with Crippen LogP contribution >= 0.6 is 0 Å². The highest BCUT2D eigenvalue weighted by atomic mass is 19.1. The number of methoxy groups -OCH3 is 1. The molecule has 0 radical (unpaired) electrons. The van der Waals surface area contributed by atoms with Crippen LogP contribution in [0.5, 0.6) is 5.75 Å². The highest BCUT2D eigenvalue weighted by Gasteiger charge is 2.36. The molecule has 1 aliphatic rings. The summed E-state index contributed by atoms with van der Waals surface area (Å²) in [6.07, 6.45) is -0.0149. The lowest BCUT2D eigenvalue weighted by atomic mass is 9.85. The van der Waals surface area contributed by atoms with Crippen LogP contribution in [0, 0.1) is 26.6 Å². The first-order valence-electron chi connectivity index (χ1n) is 9.65. The Morgan fingerprint density at radius 1 is 1.17 bits per heavy atom. The molecule has 30 heavy (non-hydrogen) atoms. The number of hydrogen-bond acceptors (Lipinski definition) is 4. The van der Waals surface area contributed by atoms with Crippen LogP contribution in [0.3, 0.4) is 0 Å². The van der Waals surface area contributed by atoms with Crippen molar-refractivity contribution in [3.05, 3.63) is 70.2 Å². The second-order valence-electron chi connectivity index (χ2n) is 7.55. The number of ether oxygens (including phenoxy) is 1. The van der Waals surface area contributed by atoms with Gasteiger partial charge in [0.25, 0.3) is 0 Å². The maximum Gasteiger partial charge on any atom is 0.226 e. The van der Waals surface area contributed by atoms with Crippen molar-refractivity contribution in [2.45, 2.75) is 33.1 Å². The van der Waals surface area contributed by atoms with Crippen molar-refractivity contribution in [3.8, 4) is 11.4 Å². The molecule has 154 valence electrons. The van der Waals surface area contributed by atoms with Crippen LogP contribution in [0.2, 0.25) is 0 Å². The largest absolute Gasteiger partial charge is 0.494 e. The molecule has 7 heteroatoms. The van der Waals surface area contributed by atoms with Gasteiger partial charge in [0.15, 0.2) is 17.3 Å². The number of Topliss-reactive ketones (excluding diaryl/α,β-unsaturated/α-hetero) is 1. The second kappa shape index (κ2) is 7.40. The quantitative estimate of drug-likeness (QED) is 0.656. The van der Waals surface area contributed by atoms with E-state index in [0.29, 0.717) is 17.1 Å². The predicted molar refractivity (Wildman–Crippen MR) is 111 cm³/mol. The van der Waals surface area contributed by atoms with Gasteiger partial charge in [0.2, 0.25) is 5.91 Å². The van der Waals surface area contributed by atoms with Crippen LogP contribution in [-0.2, 0) is 4.79 Å². The van der Waals surface area contributed by atoms with Gasteiger partial charge in [-0.15, -0.1) is 0 Å². The number of nitrogens with zero attached hydrogens (tertiary/aromatic N) is 2. The minimum atomic E-state index is -0.734. The van der Waals surface area contributed by atoms with Crippen LogP contribution in [0.4, 0.5) is 10.2 Å². The molecule has 1 atom stereocenters. The molecular weight excluding hydrogens is 385 g/mol. The molecular formula is C23H22FN3O3. The third-order valence-electron chi connectivity index (χ3n) is 5.59. The van der Waals surface area contributed by atoms with E-state index in [0.717, 1.165) is 22.9 Å². The molecule has 2 heterocycles. The number of anilines is 1. The van der Waals surface area contributed by atoms with Crippen LogP contribution in [-0.4, -0.2) is 28.6 Å². The summed E-state index contributed by atoms with van der Waals surface area (Å²) >= 11 is 0. The van der Waals surface area contributed by atoms with Gasteiger partial charge in [-0.3, -0.25) is 9.59 Å². The number of carbonyl (C=O) groups is 2. The molecule has 1 N–H and O–H groups in total. The number of aryl methyl sites for hydroxylation is 3. The van der Waals surface area contributed by atoms with Crippen LogP contribution in [0.15, 0.2) is 36.4 Å². The normalized spacial score (nSPS) is 15.5. The molecule has 1 unspecified atom stereocenters. The van der Waals surface area contributed by atoms with Crippen molar-refractivity contribution in [2.24, 2.45) is 0 Å². The standard InChI is InChI=1S/C23H22FN3O3/c1-12-5-7-16(9-13(12)2)27-23-21(14(3)26-27)17(11-20(28)25-23)22(29)15-6-8-19(30-4)18(24)10-15/h5-10,17H,11H2,1-4H3,(H,25,28). The molecule has 1 aliphatic heterocycles. The Bertz CT molecular complexity index is 1180. The van der Waals surface area contributed by atoms with Gasteiger partial charge in [-0.25, -0.2) is 9.07 Å². The minimum Gasteiger partial charge on any atom is -0.494 e. The number of carbonyl (C=O) groups excluding carboxylic acids is 2. The van der Waals surface area contributed by atoms with Gasteiger partial charge in [-0.1, -0.05) is 6.07 Å². The van der Waals surface area contributed by atoms with Crippen molar-refractivity contribution in [3.63, 3.8) is 0 Å². The molecule has 0 saturated heterocycles. The zero-order valence-electron chi connectivity index (χ0n) is 17.2. The number of benzene rings is 2. The fourth-order valence-corrected chi connectivity index (χ4v) is 3.84. The average Bonchev–Trinajstić information content (AvgIpc) is 3.05. The van der Waals surface area contributed by atoms with Crippen LogP contribution in [0.1, 0.15) is 45.1 Å². The average molecular weight is 407 g/mol. The first kappa shape index (κ1) is 19.8. The molecule has 0 fully saturated rings. The van der Waals surface area contributed by atoms with Gasteiger partial charge in [0.1, 0.15) is 5.82 Å². The van der Waals surface area contributed by atoms with Gasteiger partial charge in [0.05, 0.1) is 24.4 Å². The molecule has 0 bridgehead atoms. The number of ketones is 1. The van der Waals surface area contributed by atoms with E-state index >= 15 is 0 Å². The fourth-order valence-electron chi connectivity index (χ4n) is 3.84. The van der Waals surface area contributed by atoms with Gasteiger partial charge in [0, 0.05) is 17.5 Å². The summed E-state index contributed by atoms with van der Waals surface area (Å²) < 4.78 is 20.7. The monoisotopic (exact) mass is 407 g/mol. The number of nitrogens with one attached hydrogen (secondary N) is 1. The number of halogens is 1. The highest BCUT2D eigenvalue weighted by Crippen LogP contribution is 2.38. The van der Waals surface area contributed by atoms with Gasteiger partial charge in [-0.05, 0) is 62.2 Å². The molecule has 0 saturated carbocycles. The van der Waals surface area contributed by atoms with Crippen molar-refractivity contribution >= 4 is 17.5 Å². The van der Waals surface area contributed by atoms with Crippen LogP contribution < -0.4 is 10.1 Å². The number of rotatable bonds is 4. The Morgan fingerprint density at radius 3 is 2.60 bits per heavy atom. The molecule has 2 aromatic carbocycles. The zero-order chi connectivity index (χ0) is 21.6. The van der Waals surface area contributed by atoms with E-state index < -0.39 is 11.7 Å². The van der Waals surface area contributed by atoms with E-state index in [1.54, 1.807) is 4.68 Å². The Balaban J connectivity index is 1.80. The van der Waals surface area contributed by atoms with E-state index in [9.17, 15) is 14.0 Å². The minimum absolute atomic E-state index is 0.0149. The summed E-state index contributed by atoms with van der Waals surface area (Å²) in [5.41, 5.74) is 4.54. The molecule has 3 aromatic rings. The third-order valence-corrected chi connectivity index (χ3v) is 5.59. The molecule has 4 rings (SSSR count). The molecule has 6 nitrogen and oxygen atoms in total. The Morgan fingerprint density at radius 2 is 1.93 bits per heavy atom. The van der Waals surface area contributed by atoms with E-state index in [1.165, 1.54) is 19.2 Å². The number of hydrogen-bond donors (Lipinski definition) is 1. The Kier molecular flexibility index (Phi) is 4.89. The lowest BCUT2D eigenvalue weighted by molar-refractivity contribution is -0.116. The first-order valence-corrected chi connectivity index (χ1v) is 9.65. The molecule has 1 aromatic heterocycles. The summed E-state index contributed by atoms with van der Waals surface area (Å²) in [6, 6.07) is 9.97. The van der Waals surface area contributed by atoms with Gasteiger partial charge >= 0.3 is 0 Å². The smallest absolute Gasteiger partial charge is 0.226 e. The predicted octanol–water partition coefficient (Wildman–Crippen LogP) is 4.25. The number of aromatic nitrogens is 2. The van der Waals surface area contributed by atoms with Gasteiger partial charge < -0.3 is 10.1 Å². The Labute approximate surface area is 173 Å². The van der Waals surface area contributed by atoms with E-state index in [-0.39, 0.29) is 29.4 Å². The third kappa shape index (κ3) is 3.26. The van der Waals surface area contributed by atoms with Gasteiger partial charge in [-0.2, -0.15) is 5.10 Å². The van der Waals surface area contributed by atoms with Crippen molar-refractivity contribution in [1.29, 1.82) is 0 Å². The number of fused-ring (bicyclic) bond motifs is 1. The van der Waals surface area contributed by atoms with E-state index in [2.05, 4.69) is 10.4 Å². The summed E-state index contributed by atoms with van der Waals surface area (Å²) in [7, 11) is 1.36. The van der Waals surface area contributed by atoms with Crippen molar-refractivity contribution in [2.75, 3.05) is 12.4 Å². The molecule has 0 aliphatic carbocycles.